The van der Waals surface area contributed by atoms with Crippen LogP contribution < -0.4 is 0 Å². The van der Waals surface area contributed by atoms with Gasteiger partial charge in [0.05, 0.1) is 24.2 Å². The predicted octanol–water partition coefficient (Wildman–Crippen LogP) is 5.68. The van der Waals surface area contributed by atoms with Crippen LogP contribution in [-0.4, -0.2) is 55.1 Å². The van der Waals surface area contributed by atoms with E-state index in [0.29, 0.717) is 19.4 Å². The minimum atomic E-state index is -3.80. The van der Waals surface area contributed by atoms with Crippen LogP contribution in [0, 0.1) is 18.8 Å². The van der Waals surface area contributed by atoms with Crippen molar-refractivity contribution in [1.29, 1.82) is 0 Å². The van der Waals surface area contributed by atoms with Crippen molar-refractivity contribution >= 4 is 16.1 Å². The first-order valence-corrected chi connectivity index (χ1v) is 14.4. The van der Waals surface area contributed by atoms with E-state index in [4.69, 9.17) is 9.47 Å². The smallest absolute Gasteiger partial charge is 0.414 e. The van der Waals surface area contributed by atoms with Crippen LogP contribution in [0.25, 0.3) is 0 Å². The van der Waals surface area contributed by atoms with E-state index in [1.807, 2.05) is 58.0 Å². The summed E-state index contributed by atoms with van der Waals surface area (Å²) in [5, 5.41) is 0. The summed E-state index contributed by atoms with van der Waals surface area (Å²) in [6.07, 6.45) is 3.51. The quantitative estimate of drug-likeness (QED) is 0.356. The van der Waals surface area contributed by atoms with Gasteiger partial charge in [-0.25, -0.2) is 13.2 Å². The van der Waals surface area contributed by atoms with Crippen molar-refractivity contribution in [3.05, 3.63) is 90.2 Å². The van der Waals surface area contributed by atoms with Gasteiger partial charge in [0.15, 0.2) is 0 Å². The summed E-state index contributed by atoms with van der Waals surface area (Å²) in [5.41, 5.74) is 2.13. The van der Waals surface area contributed by atoms with Crippen LogP contribution in [0.15, 0.2) is 83.9 Å². The molecule has 0 aliphatic carbocycles. The Labute approximate surface area is 233 Å². The number of hydrogen-bond acceptors (Lipinski definition) is 5. The lowest BCUT2D eigenvalue weighted by molar-refractivity contribution is 0.0154. The number of sulfonamides is 1. The number of allylic oxidation sites excluding steroid dienone is 1. The Hall–Kier alpha value is -3.38. The molecule has 0 N–H and O–H groups in total. The summed E-state index contributed by atoms with van der Waals surface area (Å²) >= 11 is 0. The molecule has 1 atom stereocenters. The molecule has 1 aliphatic rings. The third-order valence-corrected chi connectivity index (χ3v) is 7.83. The number of ether oxygens (including phenoxy) is 2. The van der Waals surface area contributed by atoms with Crippen LogP contribution in [-0.2, 0) is 26.1 Å². The molecule has 0 spiro atoms. The number of aryl methyl sites for hydroxylation is 1. The van der Waals surface area contributed by atoms with Crippen LogP contribution in [0.3, 0.4) is 0 Å². The summed E-state index contributed by atoms with van der Waals surface area (Å²) in [7, 11) is -3.80. The number of benzene rings is 2. The highest BCUT2D eigenvalue weighted by atomic mass is 32.2. The standard InChI is InChI=1S/C31H38N2O5S/c1-6-7-8-12-19-32(39(35,36)29-17-15-25(2)16-18-29)21-27-20-28(24-37-23-26-13-10-9-11-14-26)33(22-27)30(34)38-31(3,4)5/h6,9-11,13-18,22,28H,1,12,19-21,23-24H2,2-5H3/t28-/m0/s1. The van der Waals surface area contributed by atoms with Gasteiger partial charge < -0.3 is 9.47 Å². The number of nitrogens with zero attached hydrogens (tertiary/aromatic N) is 2. The average Bonchev–Trinajstić information content (AvgIpc) is 3.28. The Morgan fingerprint density at radius 1 is 1.15 bits per heavy atom. The minimum Gasteiger partial charge on any atom is -0.443 e. The highest BCUT2D eigenvalue weighted by molar-refractivity contribution is 7.89. The second kappa shape index (κ2) is 13.6. The third kappa shape index (κ3) is 9.10. The molecule has 0 bridgehead atoms. The van der Waals surface area contributed by atoms with E-state index in [0.717, 1.165) is 16.7 Å². The first-order valence-electron chi connectivity index (χ1n) is 13.0. The van der Waals surface area contributed by atoms with Crippen LogP contribution in [0.2, 0.25) is 0 Å². The van der Waals surface area contributed by atoms with Gasteiger partial charge in [0, 0.05) is 25.7 Å². The van der Waals surface area contributed by atoms with Gasteiger partial charge in [-0.3, -0.25) is 4.90 Å². The van der Waals surface area contributed by atoms with Crippen molar-refractivity contribution < 1.29 is 22.7 Å². The number of hydrogen-bond donors (Lipinski definition) is 0. The fraction of sp³-hybridized carbons (Fsp3) is 0.387. The first kappa shape index (κ1) is 30.2. The Morgan fingerprint density at radius 2 is 1.85 bits per heavy atom. The first-order chi connectivity index (χ1) is 18.5. The Kier molecular flexibility index (Phi) is 10.5. The molecular formula is C31H38N2O5S. The van der Waals surface area contributed by atoms with E-state index < -0.39 is 21.7 Å². The second-order valence-electron chi connectivity index (χ2n) is 10.5. The van der Waals surface area contributed by atoms with Crippen molar-refractivity contribution in [3.63, 3.8) is 0 Å². The van der Waals surface area contributed by atoms with Crippen molar-refractivity contribution in [2.24, 2.45) is 0 Å². The minimum absolute atomic E-state index is 0.125. The van der Waals surface area contributed by atoms with E-state index in [9.17, 15) is 13.2 Å². The van der Waals surface area contributed by atoms with Gasteiger partial charge in [-0.1, -0.05) is 66.4 Å². The van der Waals surface area contributed by atoms with E-state index in [1.54, 1.807) is 30.5 Å². The number of carbonyl (C=O) groups excluding carboxylic acids is 1. The van der Waals surface area contributed by atoms with Crippen LogP contribution in [0.1, 0.15) is 44.7 Å². The maximum absolute atomic E-state index is 13.6. The van der Waals surface area contributed by atoms with E-state index in [2.05, 4.69) is 18.4 Å². The largest absolute Gasteiger partial charge is 0.443 e. The van der Waals surface area contributed by atoms with Crippen molar-refractivity contribution in [2.75, 3.05) is 19.7 Å². The van der Waals surface area contributed by atoms with Crippen LogP contribution >= 0.6 is 0 Å². The van der Waals surface area contributed by atoms with Gasteiger partial charge in [0.2, 0.25) is 10.0 Å². The highest BCUT2D eigenvalue weighted by Crippen LogP contribution is 2.28. The lowest BCUT2D eigenvalue weighted by atomic mass is 10.1. The second-order valence-corrected chi connectivity index (χ2v) is 12.4. The fourth-order valence-electron chi connectivity index (χ4n) is 4.10. The Bertz CT molecular complexity index is 1320. The molecule has 0 saturated heterocycles. The number of rotatable bonds is 10. The molecule has 1 amide bonds. The summed E-state index contributed by atoms with van der Waals surface area (Å²) < 4.78 is 40.2. The van der Waals surface area contributed by atoms with Gasteiger partial charge in [0.1, 0.15) is 5.60 Å². The van der Waals surface area contributed by atoms with Gasteiger partial charge in [-0.2, -0.15) is 4.31 Å². The molecular weight excluding hydrogens is 512 g/mol. The molecule has 8 heteroatoms. The normalized spacial score (nSPS) is 15.5. The van der Waals surface area contributed by atoms with Crippen molar-refractivity contribution in [2.45, 2.75) is 63.7 Å². The van der Waals surface area contributed by atoms with Crippen molar-refractivity contribution in [1.82, 2.24) is 9.21 Å². The lowest BCUT2D eigenvalue weighted by Crippen LogP contribution is -2.39. The number of carbonyl (C=O) groups is 1. The molecule has 7 nitrogen and oxygen atoms in total. The molecule has 0 saturated carbocycles. The molecule has 3 rings (SSSR count). The molecule has 0 radical (unpaired) electrons. The summed E-state index contributed by atoms with van der Waals surface area (Å²) in [6, 6.07) is 16.3. The number of amides is 1. The van der Waals surface area contributed by atoms with Gasteiger partial charge in [0.25, 0.3) is 0 Å². The van der Waals surface area contributed by atoms with Crippen LogP contribution in [0.4, 0.5) is 4.79 Å². The zero-order chi connectivity index (χ0) is 28.5. The van der Waals surface area contributed by atoms with Crippen molar-refractivity contribution in [3.8, 4) is 11.8 Å². The molecule has 208 valence electrons. The Morgan fingerprint density at radius 3 is 2.49 bits per heavy atom. The summed E-state index contributed by atoms with van der Waals surface area (Å²) in [4.78, 5) is 14.8. The molecule has 39 heavy (non-hydrogen) atoms. The highest BCUT2D eigenvalue weighted by Gasteiger charge is 2.35. The zero-order valence-corrected chi connectivity index (χ0v) is 24.0. The van der Waals surface area contributed by atoms with E-state index in [-0.39, 0.29) is 30.6 Å². The topological polar surface area (TPSA) is 76.2 Å². The summed E-state index contributed by atoms with van der Waals surface area (Å²) in [6.45, 7) is 12.0. The van der Waals surface area contributed by atoms with E-state index >= 15 is 0 Å². The van der Waals surface area contributed by atoms with E-state index in [1.165, 1.54) is 15.3 Å². The molecule has 1 heterocycles. The van der Waals surface area contributed by atoms with Gasteiger partial charge >= 0.3 is 6.09 Å². The molecule has 0 unspecified atom stereocenters. The molecule has 2 aromatic rings. The molecule has 0 fully saturated rings. The monoisotopic (exact) mass is 550 g/mol. The SMILES string of the molecule is C=CC#CCCN(CC1=CN(C(=O)OC(C)(C)C)[C@H](COCc2ccccc2)C1)S(=O)(=O)c1ccc(C)cc1. The molecule has 2 aromatic carbocycles. The Balaban J connectivity index is 1.81. The van der Waals surface area contributed by atoms with Crippen LogP contribution in [0.5, 0.6) is 0 Å². The van der Waals surface area contributed by atoms with Gasteiger partial charge in [-0.05, 0) is 63.5 Å². The predicted molar refractivity (Wildman–Crippen MR) is 153 cm³/mol. The average molecular weight is 551 g/mol. The third-order valence-electron chi connectivity index (χ3n) is 5.97. The maximum atomic E-state index is 13.6. The lowest BCUT2D eigenvalue weighted by Gasteiger charge is -2.27. The maximum Gasteiger partial charge on any atom is 0.414 e. The molecule has 0 aromatic heterocycles. The molecule has 1 aliphatic heterocycles. The van der Waals surface area contributed by atoms with Gasteiger partial charge in [-0.15, -0.1) is 0 Å². The zero-order valence-electron chi connectivity index (χ0n) is 23.2. The fourth-order valence-corrected chi connectivity index (χ4v) is 5.54. The summed E-state index contributed by atoms with van der Waals surface area (Å²) in [5.74, 6) is 5.71.